The lowest BCUT2D eigenvalue weighted by molar-refractivity contribution is -0.120. The molecular weight excluding hydrogens is 480 g/mol. The van der Waals surface area contributed by atoms with E-state index < -0.39 is 5.41 Å². The molecule has 0 aromatic heterocycles. The maximum Gasteiger partial charge on any atom is 0.144 e. The predicted octanol–water partition coefficient (Wildman–Crippen LogP) is 9.41. The molecule has 3 heteroatoms. The summed E-state index contributed by atoms with van der Waals surface area (Å²) in [6, 6.07) is 9.12. The first-order valence-corrected chi connectivity index (χ1v) is 15.2. The molecule has 0 N–H and O–H groups in total. The van der Waals surface area contributed by atoms with Gasteiger partial charge in [-0.25, -0.2) is 0 Å². The zero-order valence-corrected chi connectivity index (χ0v) is 26.6. The van der Waals surface area contributed by atoms with Gasteiger partial charge in [-0.3, -0.25) is 4.79 Å². The van der Waals surface area contributed by atoms with E-state index in [1.165, 1.54) is 60.8 Å². The van der Waals surface area contributed by atoms with Gasteiger partial charge >= 0.3 is 0 Å². The summed E-state index contributed by atoms with van der Waals surface area (Å²) in [5, 5.41) is 0. The van der Waals surface area contributed by atoms with E-state index in [4.69, 9.17) is 9.47 Å². The third kappa shape index (κ3) is 6.90. The van der Waals surface area contributed by atoms with Gasteiger partial charge < -0.3 is 9.47 Å². The molecule has 3 rings (SSSR count). The molecule has 2 aromatic rings. The van der Waals surface area contributed by atoms with Crippen molar-refractivity contribution in [2.24, 2.45) is 0 Å². The number of Topliss-reactive ketones (excluding diaryl/α,β-unsaturated/α-hetero) is 1. The van der Waals surface area contributed by atoms with Crippen LogP contribution in [0.4, 0.5) is 0 Å². The van der Waals surface area contributed by atoms with Crippen LogP contribution in [0.15, 0.2) is 24.3 Å². The summed E-state index contributed by atoms with van der Waals surface area (Å²) in [7, 11) is 3.52. The maximum absolute atomic E-state index is 14.0. The summed E-state index contributed by atoms with van der Waals surface area (Å²) >= 11 is 0. The van der Waals surface area contributed by atoms with Crippen LogP contribution in [0.2, 0.25) is 0 Å². The average molecular weight is 535 g/mol. The molecule has 0 saturated carbocycles. The number of aryl methyl sites for hydroxylation is 2. The number of ether oxygens (including phenoxy) is 2. The Kier molecular flexibility index (Phi) is 10.00. The van der Waals surface area contributed by atoms with E-state index in [-0.39, 0.29) is 16.6 Å². The Morgan fingerprint density at radius 3 is 1.26 bits per heavy atom. The van der Waals surface area contributed by atoms with E-state index in [1.54, 1.807) is 21.1 Å². The number of benzene rings is 2. The number of fused-ring (bicyclic) bond motifs is 4. The second-order valence-corrected chi connectivity index (χ2v) is 13.9. The monoisotopic (exact) mass is 534 g/mol. The minimum Gasteiger partial charge on any atom is -0.496 e. The minimum absolute atomic E-state index is 0.0608. The normalized spacial score (nSPS) is 17.3. The van der Waals surface area contributed by atoms with E-state index in [0.717, 1.165) is 48.3 Å². The summed E-state index contributed by atoms with van der Waals surface area (Å²) in [6.07, 6.45) is 11.8. The van der Waals surface area contributed by atoms with Crippen LogP contribution in [0.1, 0.15) is 140 Å². The Morgan fingerprint density at radius 1 is 0.641 bits per heavy atom. The van der Waals surface area contributed by atoms with Crippen molar-refractivity contribution in [3.8, 4) is 11.5 Å². The third-order valence-corrected chi connectivity index (χ3v) is 8.90. The van der Waals surface area contributed by atoms with Crippen molar-refractivity contribution in [3.05, 3.63) is 57.6 Å². The van der Waals surface area contributed by atoms with E-state index in [2.05, 4.69) is 72.7 Å². The molecule has 4 bridgehead atoms. The second kappa shape index (κ2) is 12.5. The number of hydrogen-bond donors (Lipinski definition) is 0. The Balaban J connectivity index is 2.44. The molecule has 0 heterocycles. The van der Waals surface area contributed by atoms with Crippen molar-refractivity contribution in [1.29, 1.82) is 0 Å². The molecule has 1 aliphatic rings. The van der Waals surface area contributed by atoms with Gasteiger partial charge in [0.25, 0.3) is 0 Å². The average Bonchev–Trinajstić information content (AvgIpc) is 2.86. The lowest BCUT2D eigenvalue weighted by Crippen LogP contribution is -2.35. The van der Waals surface area contributed by atoms with E-state index >= 15 is 0 Å². The van der Waals surface area contributed by atoms with Crippen molar-refractivity contribution in [2.75, 3.05) is 14.2 Å². The first-order chi connectivity index (χ1) is 18.2. The van der Waals surface area contributed by atoms with Gasteiger partial charge in [0.05, 0.1) is 19.6 Å². The second-order valence-electron chi connectivity index (χ2n) is 13.9. The zero-order valence-electron chi connectivity index (χ0n) is 26.6. The van der Waals surface area contributed by atoms with Crippen LogP contribution in [0, 0.1) is 0 Å². The number of carbonyl (C=O) groups excluding carboxylic acids is 1. The fourth-order valence-corrected chi connectivity index (χ4v) is 6.06. The Labute approximate surface area is 239 Å². The fraction of sp³-hybridized carbons (Fsp3) is 0.639. The summed E-state index contributed by atoms with van der Waals surface area (Å²) in [5.74, 6) is 1.82. The van der Waals surface area contributed by atoms with Gasteiger partial charge in [-0.1, -0.05) is 104 Å². The van der Waals surface area contributed by atoms with Gasteiger partial charge in [0.1, 0.15) is 17.3 Å². The lowest BCUT2D eigenvalue weighted by atomic mass is 9.68. The van der Waals surface area contributed by atoms with Crippen molar-refractivity contribution in [3.63, 3.8) is 0 Å². The van der Waals surface area contributed by atoms with Crippen molar-refractivity contribution < 1.29 is 14.3 Å². The van der Waals surface area contributed by atoms with Gasteiger partial charge in [0, 0.05) is 11.1 Å². The maximum atomic E-state index is 14.0. The van der Waals surface area contributed by atoms with Crippen molar-refractivity contribution in [2.45, 2.75) is 136 Å². The highest BCUT2D eigenvalue weighted by Gasteiger charge is 2.42. The third-order valence-electron chi connectivity index (χ3n) is 8.90. The Hall–Kier alpha value is -2.29. The standard InChI is InChI=1S/C36H54O3/c1-25(37)36(8)30-23-28(34(2,3)4)21-26(32(30)38-9)19-17-15-13-11-12-14-16-18-20-27-22-29(35(5,6)7)24-31(36)33(27)39-10/h21-24H,11-20H2,1-10H3. The van der Waals surface area contributed by atoms with E-state index in [1.807, 2.05) is 0 Å². The van der Waals surface area contributed by atoms with Crippen LogP contribution in [0.3, 0.4) is 0 Å². The molecule has 0 amide bonds. The first kappa shape index (κ1) is 31.2. The van der Waals surface area contributed by atoms with Gasteiger partial charge in [-0.15, -0.1) is 0 Å². The van der Waals surface area contributed by atoms with Crippen molar-refractivity contribution >= 4 is 5.78 Å². The highest BCUT2D eigenvalue weighted by atomic mass is 16.5. The molecule has 1 aliphatic carbocycles. The van der Waals surface area contributed by atoms with Gasteiger partial charge in [-0.2, -0.15) is 0 Å². The Morgan fingerprint density at radius 2 is 0.974 bits per heavy atom. The summed E-state index contributed by atoms with van der Waals surface area (Å²) in [4.78, 5) is 14.0. The smallest absolute Gasteiger partial charge is 0.144 e. The zero-order chi connectivity index (χ0) is 29.0. The fourth-order valence-electron chi connectivity index (χ4n) is 6.06. The summed E-state index contributed by atoms with van der Waals surface area (Å²) in [5.41, 5.74) is 5.78. The predicted molar refractivity (Wildman–Crippen MR) is 165 cm³/mol. The van der Waals surface area contributed by atoms with E-state index in [9.17, 15) is 4.79 Å². The number of methoxy groups -OCH3 is 2. The van der Waals surface area contributed by atoms with Crippen LogP contribution in [-0.4, -0.2) is 20.0 Å². The number of rotatable bonds is 3. The van der Waals surface area contributed by atoms with Crippen LogP contribution in [-0.2, 0) is 33.9 Å². The Bertz CT molecular complexity index is 1060. The molecule has 216 valence electrons. The number of carbonyl (C=O) groups is 1. The number of hydrogen-bond acceptors (Lipinski definition) is 3. The SMILES string of the molecule is COc1c2cc(C(C)(C)C)cc1C(C)(C(C)=O)c1cc(C(C)(C)C)cc(c1OC)CCCCCCCCCC2. The lowest BCUT2D eigenvalue weighted by Gasteiger charge is -2.35. The molecule has 0 aliphatic heterocycles. The van der Waals surface area contributed by atoms with Crippen molar-refractivity contribution in [1.82, 2.24) is 0 Å². The van der Waals surface area contributed by atoms with Crippen LogP contribution in [0.5, 0.6) is 11.5 Å². The molecule has 39 heavy (non-hydrogen) atoms. The van der Waals surface area contributed by atoms with Gasteiger partial charge in [0.15, 0.2) is 0 Å². The molecule has 0 saturated heterocycles. The summed E-state index contributed by atoms with van der Waals surface area (Å²) in [6.45, 7) is 17.3. The molecule has 0 spiro atoms. The minimum atomic E-state index is -0.920. The van der Waals surface area contributed by atoms with Crippen LogP contribution >= 0.6 is 0 Å². The van der Waals surface area contributed by atoms with Crippen LogP contribution < -0.4 is 9.47 Å². The summed E-state index contributed by atoms with van der Waals surface area (Å²) < 4.78 is 12.4. The van der Waals surface area contributed by atoms with Gasteiger partial charge in [-0.05, 0) is 72.6 Å². The number of ketones is 1. The first-order valence-electron chi connectivity index (χ1n) is 15.2. The van der Waals surface area contributed by atoms with E-state index in [0.29, 0.717) is 0 Å². The van der Waals surface area contributed by atoms with Crippen LogP contribution in [0.25, 0.3) is 0 Å². The van der Waals surface area contributed by atoms with Gasteiger partial charge in [0.2, 0.25) is 0 Å². The molecule has 0 fully saturated rings. The molecule has 0 unspecified atom stereocenters. The highest BCUT2D eigenvalue weighted by molar-refractivity contribution is 5.93. The largest absolute Gasteiger partial charge is 0.496 e. The molecular formula is C36H54O3. The molecule has 2 aromatic carbocycles. The molecule has 3 nitrogen and oxygen atoms in total. The quantitative estimate of drug-likeness (QED) is 0.393. The molecule has 0 radical (unpaired) electrons. The highest BCUT2D eigenvalue weighted by Crippen LogP contribution is 2.48. The topological polar surface area (TPSA) is 35.5 Å². The molecule has 0 atom stereocenters.